The fourth-order valence-corrected chi connectivity index (χ4v) is 6.80. The van der Waals surface area contributed by atoms with Crippen molar-refractivity contribution in [2.24, 2.45) is 17.8 Å². The first kappa shape index (κ1) is 19.5. The van der Waals surface area contributed by atoms with E-state index in [0.717, 1.165) is 28.9 Å². The molecule has 4 aliphatic rings. The van der Waals surface area contributed by atoms with E-state index in [9.17, 15) is 4.79 Å². The molecule has 1 amide bonds. The number of amides is 1. The number of rotatable bonds is 5. The summed E-state index contributed by atoms with van der Waals surface area (Å²) in [5.41, 5.74) is 2.70. The van der Waals surface area contributed by atoms with Crippen LogP contribution in [-0.4, -0.2) is 15.7 Å². The third-order valence-electron chi connectivity index (χ3n) is 7.76. The van der Waals surface area contributed by atoms with Crippen molar-refractivity contribution in [1.29, 1.82) is 0 Å². The zero-order chi connectivity index (χ0) is 21.5. The zero-order valence-electron chi connectivity index (χ0n) is 18.3. The Bertz CT molecular complexity index is 1110. The molecule has 0 spiro atoms. The molecular weight excluding hydrogens is 394 g/mol. The molecule has 4 saturated carbocycles. The van der Waals surface area contributed by atoms with Crippen molar-refractivity contribution in [2.45, 2.75) is 44.1 Å². The molecule has 0 aliphatic heterocycles. The maximum Gasteiger partial charge on any atom is 0.257 e. The van der Waals surface area contributed by atoms with Gasteiger partial charge in [0.15, 0.2) is 5.82 Å². The van der Waals surface area contributed by atoms with Crippen LogP contribution in [0, 0.1) is 17.8 Å². The predicted octanol–water partition coefficient (Wildman–Crippen LogP) is 5.99. The Kier molecular flexibility index (Phi) is 4.74. The Morgan fingerprint density at radius 2 is 1.47 bits per heavy atom. The summed E-state index contributed by atoms with van der Waals surface area (Å²) < 4.78 is 2.19. The Hall–Kier alpha value is -3.14. The molecule has 162 valence electrons. The molecule has 0 radical (unpaired) electrons. The van der Waals surface area contributed by atoms with E-state index >= 15 is 0 Å². The van der Waals surface area contributed by atoms with Crippen molar-refractivity contribution >= 4 is 23.4 Å². The highest BCUT2D eigenvalue weighted by Crippen LogP contribution is 2.58. The first-order chi connectivity index (χ1) is 15.7. The largest absolute Gasteiger partial charge is 0.305 e. The van der Waals surface area contributed by atoms with Crippen LogP contribution in [0.3, 0.4) is 0 Å². The molecule has 0 saturated heterocycles. The van der Waals surface area contributed by atoms with E-state index in [1.165, 1.54) is 38.5 Å². The first-order valence-corrected chi connectivity index (χ1v) is 11.9. The average Bonchev–Trinajstić information content (AvgIpc) is 3.27. The minimum atomic E-state index is -0.129. The highest BCUT2D eigenvalue weighted by molar-refractivity contribution is 6.29. The second kappa shape index (κ2) is 7.77. The molecule has 0 atom stereocenters. The van der Waals surface area contributed by atoms with E-state index in [0.29, 0.717) is 11.4 Å². The molecule has 4 bridgehead atoms. The topological polar surface area (TPSA) is 46.9 Å². The quantitative estimate of drug-likeness (QED) is 0.405. The van der Waals surface area contributed by atoms with Crippen LogP contribution in [0.15, 0.2) is 72.9 Å². The molecule has 1 heterocycles. The van der Waals surface area contributed by atoms with Crippen molar-refractivity contribution in [3.05, 3.63) is 84.1 Å². The maximum absolute atomic E-state index is 13.3. The monoisotopic (exact) mass is 423 g/mol. The summed E-state index contributed by atoms with van der Waals surface area (Å²) in [6, 6.07) is 21.8. The Morgan fingerprint density at radius 3 is 2.09 bits per heavy atom. The molecule has 1 N–H and O–H groups in total. The molecule has 0 unspecified atom stereocenters. The highest BCUT2D eigenvalue weighted by Gasteiger charge is 2.52. The second-order valence-electron chi connectivity index (χ2n) is 10.1. The minimum absolute atomic E-state index is 0.129. The summed E-state index contributed by atoms with van der Waals surface area (Å²) >= 11 is 0. The van der Waals surface area contributed by atoms with Gasteiger partial charge in [-0.1, -0.05) is 60.7 Å². The molecule has 7 rings (SSSR count). The van der Waals surface area contributed by atoms with E-state index in [2.05, 4.69) is 16.2 Å². The van der Waals surface area contributed by atoms with Gasteiger partial charge in [-0.25, -0.2) is 0 Å². The molecule has 3 aromatic rings. The fourth-order valence-electron chi connectivity index (χ4n) is 6.80. The van der Waals surface area contributed by atoms with Gasteiger partial charge in [0.2, 0.25) is 0 Å². The van der Waals surface area contributed by atoms with Gasteiger partial charge in [-0.05, 0) is 73.5 Å². The normalized spacial score (nSPS) is 28.6. The standard InChI is InChI=1S/C28H29N3O/c32-27(25(24-9-5-2-6-10-24)16-20-7-3-1-4-8-20)29-26-11-12-31(30-26)28-17-21-13-22(18-28)15-23(14-21)19-28/h1-12,16,21-23H,13-15,17-19H2,(H,29,30,32)/b25-16-. The van der Waals surface area contributed by atoms with Gasteiger partial charge in [0, 0.05) is 17.8 Å². The van der Waals surface area contributed by atoms with Gasteiger partial charge in [0.25, 0.3) is 5.91 Å². The first-order valence-electron chi connectivity index (χ1n) is 11.9. The Balaban J connectivity index is 1.26. The van der Waals surface area contributed by atoms with Gasteiger partial charge in [-0.2, -0.15) is 5.10 Å². The molecule has 4 nitrogen and oxygen atoms in total. The number of anilines is 1. The lowest BCUT2D eigenvalue weighted by molar-refractivity contribution is -0.111. The summed E-state index contributed by atoms with van der Waals surface area (Å²) in [6.07, 6.45) is 12.0. The van der Waals surface area contributed by atoms with Crippen molar-refractivity contribution in [1.82, 2.24) is 9.78 Å². The van der Waals surface area contributed by atoms with Crippen LogP contribution < -0.4 is 5.32 Å². The summed E-state index contributed by atoms with van der Waals surface area (Å²) in [4.78, 5) is 13.3. The van der Waals surface area contributed by atoms with Crippen LogP contribution in [0.1, 0.15) is 49.7 Å². The maximum atomic E-state index is 13.3. The Morgan fingerprint density at radius 1 is 0.875 bits per heavy atom. The van der Waals surface area contributed by atoms with Crippen LogP contribution in [-0.2, 0) is 10.3 Å². The lowest BCUT2D eigenvalue weighted by Gasteiger charge is -2.56. The second-order valence-corrected chi connectivity index (χ2v) is 10.1. The SMILES string of the molecule is O=C(Nc1ccn(C23CC4CC(CC(C4)C2)C3)n1)/C(=C\c1ccccc1)c1ccccc1. The molecule has 4 fully saturated rings. The molecule has 2 aromatic carbocycles. The average molecular weight is 424 g/mol. The number of carbonyl (C=O) groups excluding carboxylic acids is 1. The molecule has 32 heavy (non-hydrogen) atoms. The van der Waals surface area contributed by atoms with Gasteiger partial charge >= 0.3 is 0 Å². The highest BCUT2D eigenvalue weighted by atomic mass is 16.1. The van der Waals surface area contributed by atoms with Crippen LogP contribution in [0.5, 0.6) is 0 Å². The predicted molar refractivity (Wildman–Crippen MR) is 128 cm³/mol. The van der Waals surface area contributed by atoms with Gasteiger partial charge in [0.1, 0.15) is 0 Å². The van der Waals surface area contributed by atoms with Gasteiger partial charge in [0.05, 0.1) is 5.54 Å². The third-order valence-corrected chi connectivity index (χ3v) is 7.76. The number of nitrogens with one attached hydrogen (secondary N) is 1. The lowest BCUT2D eigenvalue weighted by Crippen LogP contribution is -2.52. The van der Waals surface area contributed by atoms with Gasteiger partial charge in [-0.15, -0.1) is 0 Å². The van der Waals surface area contributed by atoms with E-state index < -0.39 is 0 Å². The number of benzene rings is 2. The fraction of sp³-hybridized carbons (Fsp3) is 0.357. The minimum Gasteiger partial charge on any atom is -0.305 e. The van der Waals surface area contributed by atoms with E-state index in [1.54, 1.807) is 0 Å². The molecule has 1 aromatic heterocycles. The van der Waals surface area contributed by atoms with E-state index in [1.807, 2.05) is 72.8 Å². The van der Waals surface area contributed by atoms with E-state index in [-0.39, 0.29) is 11.4 Å². The van der Waals surface area contributed by atoms with Crippen molar-refractivity contribution in [3.8, 4) is 0 Å². The van der Waals surface area contributed by atoms with Crippen molar-refractivity contribution in [3.63, 3.8) is 0 Å². The molecular formula is C28H29N3O. The summed E-state index contributed by atoms with van der Waals surface area (Å²) in [6.45, 7) is 0. The summed E-state index contributed by atoms with van der Waals surface area (Å²) in [5, 5.41) is 7.95. The van der Waals surface area contributed by atoms with Crippen LogP contribution in [0.25, 0.3) is 11.6 Å². The van der Waals surface area contributed by atoms with Crippen LogP contribution >= 0.6 is 0 Å². The van der Waals surface area contributed by atoms with Crippen molar-refractivity contribution < 1.29 is 4.79 Å². The van der Waals surface area contributed by atoms with E-state index in [4.69, 9.17) is 5.10 Å². The molecule has 4 aliphatic carbocycles. The van der Waals surface area contributed by atoms with Gasteiger partial charge in [-0.3, -0.25) is 9.48 Å². The lowest BCUT2D eigenvalue weighted by atomic mass is 9.53. The van der Waals surface area contributed by atoms with Gasteiger partial charge < -0.3 is 5.32 Å². The summed E-state index contributed by atoms with van der Waals surface area (Å²) in [5.74, 6) is 3.10. The smallest absolute Gasteiger partial charge is 0.257 e. The van der Waals surface area contributed by atoms with Crippen LogP contribution in [0.2, 0.25) is 0 Å². The summed E-state index contributed by atoms with van der Waals surface area (Å²) in [7, 11) is 0. The zero-order valence-corrected chi connectivity index (χ0v) is 18.3. The number of carbonyl (C=O) groups is 1. The molecule has 4 heteroatoms. The number of nitrogens with zero attached hydrogens (tertiary/aromatic N) is 2. The number of aromatic nitrogens is 2. The Labute approximate surface area is 189 Å². The number of hydrogen-bond donors (Lipinski definition) is 1. The number of hydrogen-bond acceptors (Lipinski definition) is 2. The van der Waals surface area contributed by atoms with Crippen molar-refractivity contribution in [2.75, 3.05) is 5.32 Å². The third kappa shape index (κ3) is 3.58. The van der Waals surface area contributed by atoms with Crippen LogP contribution in [0.4, 0.5) is 5.82 Å².